The minimum Gasteiger partial charge on any atom is -0.406 e. The summed E-state index contributed by atoms with van der Waals surface area (Å²) < 4.78 is 5.57. The second kappa shape index (κ2) is 5.84. The zero-order valence-corrected chi connectivity index (χ0v) is 11.8. The second-order valence-corrected chi connectivity index (χ2v) is 4.68. The van der Waals surface area contributed by atoms with Crippen LogP contribution >= 0.6 is 0 Å². The SMILES string of the molecule is CNC(C)c1nnc(NC(C)c2ccccc2C)o1. The van der Waals surface area contributed by atoms with E-state index in [0.717, 1.165) is 0 Å². The molecule has 2 aromatic rings. The maximum absolute atomic E-state index is 5.57. The van der Waals surface area contributed by atoms with E-state index in [4.69, 9.17) is 4.42 Å². The summed E-state index contributed by atoms with van der Waals surface area (Å²) in [6, 6.07) is 8.88. The standard InChI is InChI=1S/C14H20N4O/c1-9-7-5-6-8-12(9)10(2)16-14-18-17-13(19-14)11(3)15-4/h5-8,10-11,15H,1-4H3,(H,16,18). The van der Waals surface area contributed by atoms with Gasteiger partial charge in [-0.05, 0) is 38.9 Å². The van der Waals surface area contributed by atoms with Gasteiger partial charge in [0.1, 0.15) is 0 Å². The van der Waals surface area contributed by atoms with Gasteiger partial charge in [-0.2, -0.15) is 0 Å². The van der Waals surface area contributed by atoms with Crippen LogP contribution in [0.25, 0.3) is 0 Å². The lowest BCUT2D eigenvalue weighted by molar-refractivity contribution is 0.439. The molecule has 2 N–H and O–H groups in total. The Morgan fingerprint density at radius 3 is 2.53 bits per heavy atom. The maximum Gasteiger partial charge on any atom is 0.315 e. The Morgan fingerprint density at radius 2 is 1.84 bits per heavy atom. The Kier molecular flexibility index (Phi) is 4.16. The number of rotatable bonds is 5. The molecule has 1 aromatic carbocycles. The topological polar surface area (TPSA) is 63.0 Å². The first kappa shape index (κ1) is 13.5. The van der Waals surface area contributed by atoms with Crippen molar-refractivity contribution in [3.63, 3.8) is 0 Å². The molecule has 0 fully saturated rings. The third-order valence-electron chi connectivity index (χ3n) is 3.24. The number of aromatic nitrogens is 2. The molecular weight excluding hydrogens is 240 g/mol. The van der Waals surface area contributed by atoms with Gasteiger partial charge in [0.25, 0.3) is 0 Å². The van der Waals surface area contributed by atoms with Crippen molar-refractivity contribution in [3.8, 4) is 0 Å². The van der Waals surface area contributed by atoms with E-state index in [-0.39, 0.29) is 12.1 Å². The molecule has 0 aliphatic heterocycles. The van der Waals surface area contributed by atoms with Crippen molar-refractivity contribution in [2.24, 2.45) is 0 Å². The summed E-state index contributed by atoms with van der Waals surface area (Å²) in [5.74, 6) is 0.585. The second-order valence-electron chi connectivity index (χ2n) is 4.68. The first-order chi connectivity index (χ1) is 9.11. The summed E-state index contributed by atoms with van der Waals surface area (Å²) in [5.41, 5.74) is 2.47. The Bertz CT molecular complexity index is 538. The molecule has 5 nitrogen and oxygen atoms in total. The largest absolute Gasteiger partial charge is 0.406 e. The number of hydrogen-bond acceptors (Lipinski definition) is 5. The van der Waals surface area contributed by atoms with Crippen LogP contribution in [-0.4, -0.2) is 17.2 Å². The van der Waals surface area contributed by atoms with Gasteiger partial charge in [-0.3, -0.25) is 0 Å². The summed E-state index contributed by atoms with van der Waals surface area (Å²) in [6.07, 6.45) is 0. The molecule has 19 heavy (non-hydrogen) atoms. The molecule has 0 saturated heterocycles. The first-order valence-electron chi connectivity index (χ1n) is 6.44. The van der Waals surface area contributed by atoms with Crippen molar-refractivity contribution in [1.29, 1.82) is 0 Å². The van der Waals surface area contributed by atoms with E-state index in [9.17, 15) is 0 Å². The van der Waals surface area contributed by atoms with Crippen LogP contribution < -0.4 is 10.6 Å². The van der Waals surface area contributed by atoms with Crippen molar-refractivity contribution in [1.82, 2.24) is 15.5 Å². The monoisotopic (exact) mass is 260 g/mol. The molecule has 102 valence electrons. The normalized spacial score (nSPS) is 14.1. The summed E-state index contributed by atoms with van der Waals surface area (Å²) >= 11 is 0. The van der Waals surface area contributed by atoms with E-state index < -0.39 is 0 Å². The number of anilines is 1. The quantitative estimate of drug-likeness (QED) is 0.865. The van der Waals surface area contributed by atoms with Crippen LogP contribution in [0, 0.1) is 6.92 Å². The molecule has 1 aromatic heterocycles. The highest BCUT2D eigenvalue weighted by Gasteiger charge is 2.14. The van der Waals surface area contributed by atoms with Gasteiger partial charge in [0.15, 0.2) is 0 Å². The van der Waals surface area contributed by atoms with Crippen LogP contribution in [0.15, 0.2) is 28.7 Å². The van der Waals surface area contributed by atoms with Gasteiger partial charge in [-0.15, -0.1) is 5.10 Å². The maximum atomic E-state index is 5.57. The van der Waals surface area contributed by atoms with E-state index in [0.29, 0.717) is 11.9 Å². The fourth-order valence-electron chi connectivity index (χ4n) is 1.93. The molecule has 0 spiro atoms. The van der Waals surface area contributed by atoms with Crippen molar-refractivity contribution in [3.05, 3.63) is 41.3 Å². The van der Waals surface area contributed by atoms with E-state index in [1.807, 2.05) is 26.1 Å². The highest BCUT2D eigenvalue weighted by atomic mass is 16.4. The van der Waals surface area contributed by atoms with E-state index in [1.165, 1.54) is 11.1 Å². The molecule has 2 rings (SSSR count). The van der Waals surface area contributed by atoms with Crippen LogP contribution in [0.3, 0.4) is 0 Å². The van der Waals surface area contributed by atoms with Gasteiger partial charge >= 0.3 is 6.01 Å². The fourth-order valence-corrected chi connectivity index (χ4v) is 1.93. The first-order valence-corrected chi connectivity index (χ1v) is 6.44. The summed E-state index contributed by atoms with van der Waals surface area (Å²) in [6.45, 7) is 6.14. The molecule has 0 aliphatic rings. The minimum atomic E-state index is 0.0526. The van der Waals surface area contributed by atoms with E-state index >= 15 is 0 Å². The molecule has 0 radical (unpaired) electrons. The molecule has 2 atom stereocenters. The fraction of sp³-hybridized carbons (Fsp3) is 0.429. The number of benzene rings is 1. The predicted molar refractivity (Wildman–Crippen MR) is 75.0 cm³/mol. The third-order valence-corrected chi connectivity index (χ3v) is 3.24. The summed E-state index contributed by atoms with van der Waals surface area (Å²) in [7, 11) is 1.86. The number of nitrogens with one attached hydrogen (secondary N) is 2. The number of hydrogen-bond donors (Lipinski definition) is 2. The average molecular weight is 260 g/mol. The number of aryl methyl sites for hydroxylation is 1. The highest BCUT2D eigenvalue weighted by Crippen LogP contribution is 2.22. The van der Waals surface area contributed by atoms with Gasteiger partial charge in [0, 0.05) is 0 Å². The summed E-state index contributed by atoms with van der Waals surface area (Å²) in [4.78, 5) is 0. The molecular formula is C14H20N4O. The molecule has 0 amide bonds. The minimum absolute atomic E-state index is 0.0526. The smallest absolute Gasteiger partial charge is 0.315 e. The van der Waals surface area contributed by atoms with Gasteiger partial charge in [0.05, 0.1) is 12.1 Å². The van der Waals surface area contributed by atoms with Crippen molar-refractivity contribution in [2.45, 2.75) is 32.9 Å². The highest BCUT2D eigenvalue weighted by molar-refractivity contribution is 5.33. The van der Waals surface area contributed by atoms with Crippen molar-refractivity contribution in [2.75, 3.05) is 12.4 Å². The van der Waals surface area contributed by atoms with Gasteiger partial charge < -0.3 is 15.1 Å². The Hall–Kier alpha value is -1.88. The van der Waals surface area contributed by atoms with Gasteiger partial charge in [-0.25, -0.2) is 0 Å². The molecule has 1 heterocycles. The van der Waals surface area contributed by atoms with Gasteiger partial charge in [0.2, 0.25) is 5.89 Å². The van der Waals surface area contributed by atoms with E-state index in [2.05, 4.69) is 46.8 Å². The zero-order valence-electron chi connectivity index (χ0n) is 11.8. The van der Waals surface area contributed by atoms with Crippen LogP contribution in [0.1, 0.15) is 42.9 Å². The van der Waals surface area contributed by atoms with E-state index in [1.54, 1.807) is 0 Å². The number of nitrogens with zero attached hydrogens (tertiary/aromatic N) is 2. The van der Waals surface area contributed by atoms with Crippen molar-refractivity contribution < 1.29 is 4.42 Å². The molecule has 0 saturated carbocycles. The van der Waals surface area contributed by atoms with Crippen LogP contribution in [0.5, 0.6) is 0 Å². The van der Waals surface area contributed by atoms with Gasteiger partial charge in [-0.1, -0.05) is 29.4 Å². The van der Waals surface area contributed by atoms with Crippen LogP contribution in [0.4, 0.5) is 6.01 Å². The zero-order chi connectivity index (χ0) is 13.8. The third kappa shape index (κ3) is 3.12. The van der Waals surface area contributed by atoms with Crippen molar-refractivity contribution >= 4 is 6.01 Å². The Morgan fingerprint density at radius 1 is 1.11 bits per heavy atom. The molecule has 0 bridgehead atoms. The average Bonchev–Trinajstić information content (AvgIpc) is 2.86. The lowest BCUT2D eigenvalue weighted by atomic mass is 10.0. The molecule has 0 aliphatic carbocycles. The predicted octanol–water partition coefficient (Wildman–Crippen LogP) is 2.83. The van der Waals surface area contributed by atoms with Crippen LogP contribution in [0.2, 0.25) is 0 Å². The summed E-state index contributed by atoms with van der Waals surface area (Å²) in [5, 5.41) is 14.3. The Balaban J connectivity index is 2.09. The lowest BCUT2D eigenvalue weighted by Gasteiger charge is -2.14. The lowest BCUT2D eigenvalue weighted by Crippen LogP contribution is -2.12. The Labute approximate surface area is 113 Å². The molecule has 2 unspecified atom stereocenters. The molecule has 5 heteroatoms. The van der Waals surface area contributed by atoms with Crippen LogP contribution in [-0.2, 0) is 0 Å².